The van der Waals surface area contributed by atoms with Crippen molar-refractivity contribution in [1.82, 2.24) is 10.3 Å². The van der Waals surface area contributed by atoms with Crippen LogP contribution >= 0.6 is 11.6 Å². The fourth-order valence-corrected chi connectivity index (χ4v) is 2.99. The Hall–Kier alpha value is -1.90. The molecule has 3 aromatic rings. The number of aromatic nitrogens is 1. The molecule has 2 aromatic carbocycles. The lowest BCUT2D eigenvalue weighted by molar-refractivity contribution is 0.692. The normalized spacial score (nSPS) is 12.5. The summed E-state index contributed by atoms with van der Waals surface area (Å²) in [6, 6.07) is 16.6. The van der Waals surface area contributed by atoms with Crippen LogP contribution in [-0.4, -0.2) is 12.0 Å². The zero-order valence-corrected chi connectivity index (χ0v) is 12.9. The summed E-state index contributed by atoms with van der Waals surface area (Å²) >= 11 is 6.42. The van der Waals surface area contributed by atoms with Gasteiger partial charge in [-0.3, -0.25) is 4.98 Å². The van der Waals surface area contributed by atoms with Gasteiger partial charge in [-0.25, -0.2) is 0 Å². The number of pyridine rings is 1. The second kappa shape index (κ2) is 5.84. The Bertz CT molecular complexity index is 783. The van der Waals surface area contributed by atoms with Gasteiger partial charge in [0.15, 0.2) is 0 Å². The molecule has 0 aliphatic carbocycles. The van der Waals surface area contributed by atoms with Crippen LogP contribution < -0.4 is 5.32 Å². The highest BCUT2D eigenvalue weighted by molar-refractivity contribution is 6.31. The molecule has 21 heavy (non-hydrogen) atoms. The first kappa shape index (κ1) is 14.1. The van der Waals surface area contributed by atoms with E-state index in [1.807, 2.05) is 32.3 Å². The molecule has 3 rings (SSSR count). The summed E-state index contributed by atoms with van der Waals surface area (Å²) in [4.78, 5) is 4.36. The zero-order chi connectivity index (χ0) is 14.8. The summed E-state index contributed by atoms with van der Waals surface area (Å²) < 4.78 is 0. The predicted molar refractivity (Wildman–Crippen MR) is 88.8 cm³/mol. The molecule has 0 spiro atoms. The summed E-state index contributed by atoms with van der Waals surface area (Å²) in [5, 5.41) is 5.28. The molecule has 1 atom stereocenters. The van der Waals surface area contributed by atoms with Crippen molar-refractivity contribution in [3.05, 3.63) is 76.4 Å². The topological polar surface area (TPSA) is 24.9 Å². The number of hydrogen-bond acceptors (Lipinski definition) is 2. The number of nitrogens with one attached hydrogen (secondary N) is 1. The van der Waals surface area contributed by atoms with Crippen molar-refractivity contribution in [2.75, 3.05) is 7.05 Å². The third-order valence-corrected chi connectivity index (χ3v) is 4.04. The number of nitrogens with zero attached hydrogens (tertiary/aromatic N) is 1. The third kappa shape index (κ3) is 2.78. The van der Waals surface area contributed by atoms with Gasteiger partial charge in [-0.15, -0.1) is 0 Å². The van der Waals surface area contributed by atoms with Crippen LogP contribution in [0.2, 0.25) is 5.02 Å². The minimum Gasteiger partial charge on any atom is -0.309 e. The van der Waals surface area contributed by atoms with Crippen molar-refractivity contribution in [2.45, 2.75) is 13.0 Å². The summed E-state index contributed by atoms with van der Waals surface area (Å²) in [7, 11) is 1.95. The Labute approximate surface area is 129 Å². The minimum absolute atomic E-state index is 0.0720. The van der Waals surface area contributed by atoms with Crippen molar-refractivity contribution < 1.29 is 0 Å². The summed E-state index contributed by atoms with van der Waals surface area (Å²) in [5.74, 6) is 0. The van der Waals surface area contributed by atoms with Gasteiger partial charge in [-0.2, -0.15) is 0 Å². The number of halogens is 1. The van der Waals surface area contributed by atoms with E-state index >= 15 is 0 Å². The van der Waals surface area contributed by atoms with E-state index in [1.54, 1.807) is 0 Å². The second-order valence-electron chi connectivity index (χ2n) is 5.20. The van der Waals surface area contributed by atoms with Crippen LogP contribution in [0.15, 0.2) is 54.7 Å². The van der Waals surface area contributed by atoms with Crippen molar-refractivity contribution in [2.24, 2.45) is 0 Å². The lowest BCUT2D eigenvalue weighted by atomic mass is 9.96. The first-order valence-electron chi connectivity index (χ1n) is 6.97. The molecule has 0 fully saturated rings. The van der Waals surface area contributed by atoms with Gasteiger partial charge in [0.05, 0.1) is 11.6 Å². The van der Waals surface area contributed by atoms with Crippen molar-refractivity contribution in [1.29, 1.82) is 0 Å². The van der Waals surface area contributed by atoms with Crippen LogP contribution in [0.4, 0.5) is 0 Å². The molecule has 1 aromatic heterocycles. The highest BCUT2D eigenvalue weighted by Crippen LogP contribution is 2.30. The van der Waals surface area contributed by atoms with E-state index in [1.165, 1.54) is 11.1 Å². The zero-order valence-electron chi connectivity index (χ0n) is 12.1. The first-order chi connectivity index (χ1) is 10.2. The molecule has 106 valence electrons. The van der Waals surface area contributed by atoms with E-state index in [9.17, 15) is 0 Å². The Morgan fingerprint density at radius 3 is 2.71 bits per heavy atom. The lowest BCUT2D eigenvalue weighted by Gasteiger charge is -2.19. The monoisotopic (exact) mass is 296 g/mol. The lowest BCUT2D eigenvalue weighted by Crippen LogP contribution is -2.18. The van der Waals surface area contributed by atoms with Gasteiger partial charge in [-0.1, -0.05) is 35.9 Å². The molecule has 2 nitrogen and oxygen atoms in total. The van der Waals surface area contributed by atoms with E-state index in [0.29, 0.717) is 0 Å². The molecule has 1 unspecified atom stereocenters. The van der Waals surface area contributed by atoms with Gasteiger partial charge < -0.3 is 5.32 Å². The maximum Gasteiger partial charge on any atom is 0.0702 e. The van der Waals surface area contributed by atoms with E-state index in [4.69, 9.17) is 11.6 Å². The predicted octanol–water partition coefficient (Wildman–Crippen LogP) is 4.51. The maximum absolute atomic E-state index is 6.42. The number of rotatable bonds is 3. The minimum atomic E-state index is 0.0720. The standard InChI is InChI=1S/C18H17ClN2/c1-12-5-7-15(16(19)10-12)18(20-2)14-6-8-17-13(11-14)4-3-9-21-17/h3-11,18,20H,1-2H3. The number of benzene rings is 2. The quantitative estimate of drug-likeness (QED) is 0.769. The number of fused-ring (bicyclic) bond motifs is 1. The molecule has 0 saturated carbocycles. The number of aryl methyl sites for hydroxylation is 1. The summed E-state index contributed by atoms with van der Waals surface area (Å²) in [6.07, 6.45) is 1.81. The fraction of sp³-hybridized carbons (Fsp3) is 0.167. The van der Waals surface area contributed by atoms with Gasteiger partial charge in [0.25, 0.3) is 0 Å². The van der Waals surface area contributed by atoms with E-state index in [-0.39, 0.29) is 6.04 Å². The van der Waals surface area contributed by atoms with Gasteiger partial charge >= 0.3 is 0 Å². The van der Waals surface area contributed by atoms with Crippen LogP contribution in [0.3, 0.4) is 0 Å². The van der Waals surface area contributed by atoms with E-state index in [2.05, 4.69) is 46.7 Å². The molecule has 0 bridgehead atoms. The summed E-state index contributed by atoms with van der Waals surface area (Å²) in [6.45, 7) is 2.05. The van der Waals surface area contributed by atoms with Crippen molar-refractivity contribution in [3.63, 3.8) is 0 Å². The van der Waals surface area contributed by atoms with Gasteiger partial charge in [0, 0.05) is 16.6 Å². The van der Waals surface area contributed by atoms with E-state index in [0.717, 1.165) is 21.5 Å². The molecule has 0 radical (unpaired) electrons. The first-order valence-corrected chi connectivity index (χ1v) is 7.35. The highest BCUT2D eigenvalue weighted by Gasteiger charge is 2.15. The smallest absolute Gasteiger partial charge is 0.0702 e. The third-order valence-electron chi connectivity index (χ3n) is 3.72. The molecule has 0 aliphatic rings. The van der Waals surface area contributed by atoms with Crippen molar-refractivity contribution >= 4 is 22.5 Å². The molecule has 1 N–H and O–H groups in total. The molecular weight excluding hydrogens is 280 g/mol. The molecule has 0 aliphatic heterocycles. The Morgan fingerprint density at radius 1 is 1.10 bits per heavy atom. The van der Waals surface area contributed by atoms with Crippen molar-refractivity contribution in [3.8, 4) is 0 Å². The Kier molecular flexibility index (Phi) is 3.91. The van der Waals surface area contributed by atoms with Crippen LogP contribution in [0.5, 0.6) is 0 Å². The molecule has 0 saturated heterocycles. The number of hydrogen-bond donors (Lipinski definition) is 1. The van der Waals surface area contributed by atoms with Crippen LogP contribution in [0.1, 0.15) is 22.7 Å². The average Bonchev–Trinajstić information content (AvgIpc) is 2.50. The van der Waals surface area contributed by atoms with Gasteiger partial charge in [-0.05, 0) is 54.9 Å². The van der Waals surface area contributed by atoms with Gasteiger partial charge in [0.2, 0.25) is 0 Å². The van der Waals surface area contributed by atoms with Crippen LogP contribution in [0, 0.1) is 6.92 Å². The fourth-order valence-electron chi connectivity index (χ4n) is 2.64. The Morgan fingerprint density at radius 2 is 1.95 bits per heavy atom. The van der Waals surface area contributed by atoms with Gasteiger partial charge in [0.1, 0.15) is 0 Å². The molecule has 3 heteroatoms. The highest BCUT2D eigenvalue weighted by atomic mass is 35.5. The largest absolute Gasteiger partial charge is 0.309 e. The summed E-state index contributed by atoms with van der Waals surface area (Å²) in [5.41, 5.74) is 4.45. The molecule has 1 heterocycles. The molecule has 0 amide bonds. The maximum atomic E-state index is 6.42. The Balaban J connectivity index is 2.09. The SMILES string of the molecule is CNC(c1ccc2ncccc2c1)c1ccc(C)cc1Cl. The average molecular weight is 297 g/mol. The van der Waals surface area contributed by atoms with Crippen LogP contribution in [0.25, 0.3) is 10.9 Å². The van der Waals surface area contributed by atoms with Crippen LogP contribution in [-0.2, 0) is 0 Å². The second-order valence-corrected chi connectivity index (χ2v) is 5.61. The van der Waals surface area contributed by atoms with E-state index < -0.39 is 0 Å². The molecular formula is C18H17ClN2.